The lowest BCUT2D eigenvalue weighted by Gasteiger charge is -2.28. The maximum Gasteiger partial charge on any atom is 0.326 e. The number of carbonyl (C=O) groups excluding carboxylic acids is 13. The standard InChI is InChI=1S/C59H110N20O18/c1-35(69-47(84)30-68-50(87)42(32-80)77-57(94)44(34-82)78-58(95)45-21-14-28-79(45)48(85)31-67-46(83)29-66)49(86)76-43(33-81)56(93)74-39(18-5-11-25-63)54(91)72-37(16-3-9-23-61)52(89)70-36(15-2-8-22-60)51(88)71-38(17-4-10-24-62)53(90)73-40(19-6-12-26-64)55(92)75-41(59(96)97)20-7-13-27-65/h35-45,80-82H,2-34,60-66H2,1H3,(H,67,83)(H,68,87)(H,69,84)(H,70,89)(H,71,88)(H,72,91)(H,73,90)(H,74,93)(H,75,92)(H,76,86)(H,77,94)(H,78,95)(H,96,97)/t35-,36-,37-,38-,39-,40-,41-,42-,43-,44-,45-/m0/s1. The van der Waals surface area contributed by atoms with E-state index in [1.165, 1.54) is 11.8 Å². The zero-order valence-corrected chi connectivity index (χ0v) is 55.7. The molecule has 13 amide bonds. The van der Waals surface area contributed by atoms with Crippen molar-refractivity contribution in [2.24, 2.45) is 40.1 Å². The van der Waals surface area contributed by atoms with Crippen molar-refractivity contribution in [2.75, 3.05) is 85.3 Å². The number of carboxylic acid groups (broad SMARTS) is 1. The molecule has 0 aromatic carbocycles. The van der Waals surface area contributed by atoms with Crippen LogP contribution in [-0.2, 0) is 67.1 Å². The van der Waals surface area contributed by atoms with Crippen molar-refractivity contribution in [1.29, 1.82) is 0 Å². The number of nitrogens with two attached hydrogens (primary N) is 7. The van der Waals surface area contributed by atoms with Gasteiger partial charge in [-0.1, -0.05) is 0 Å². The van der Waals surface area contributed by atoms with Crippen molar-refractivity contribution in [3.05, 3.63) is 0 Å². The maximum absolute atomic E-state index is 14.4. The van der Waals surface area contributed by atoms with Crippen LogP contribution in [0, 0.1) is 0 Å². The second-order valence-electron chi connectivity index (χ2n) is 23.4. The molecule has 0 saturated carbocycles. The van der Waals surface area contributed by atoms with Gasteiger partial charge in [0, 0.05) is 6.54 Å². The van der Waals surface area contributed by atoms with Crippen LogP contribution in [0.2, 0.25) is 0 Å². The summed E-state index contributed by atoms with van der Waals surface area (Å²) in [5.74, 6) is -12.8. The zero-order valence-electron chi connectivity index (χ0n) is 55.7. The minimum absolute atomic E-state index is 0.00559. The number of rotatable bonds is 53. The molecule has 30 N–H and O–H groups in total. The first kappa shape index (κ1) is 87.2. The van der Waals surface area contributed by atoms with Crippen molar-refractivity contribution in [2.45, 2.75) is 202 Å². The summed E-state index contributed by atoms with van der Waals surface area (Å²) in [5, 5.41) is 69.2. The molecule has 0 aromatic rings. The number of aliphatic carboxylic acids is 1. The van der Waals surface area contributed by atoms with Crippen LogP contribution in [0.5, 0.6) is 0 Å². The van der Waals surface area contributed by atoms with Gasteiger partial charge in [0.25, 0.3) is 0 Å². The molecule has 1 aliphatic rings. The van der Waals surface area contributed by atoms with Crippen molar-refractivity contribution in [3.8, 4) is 0 Å². The van der Waals surface area contributed by atoms with Crippen LogP contribution in [0.4, 0.5) is 0 Å². The van der Waals surface area contributed by atoms with Gasteiger partial charge >= 0.3 is 5.97 Å². The van der Waals surface area contributed by atoms with E-state index in [0.29, 0.717) is 77.2 Å². The van der Waals surface area contributed by atoms with Crippen LogP contribution in [0.1, 0.15) is 135 Å². The Morgan fingerprint density at radius 2 is 0.680 bits per heavy atom. The molecule has 1 fully saturated rings. The van der Waals surface area contributed by atoms with Gasteiger partial charge in [-0.05, 0) is 175 Å². The predicted molar refractivity (Wildman–Crippen MR) is 351 cm³/mol. The first-order chi connectivity index (χ1) is 46.3. The number of hydrogen-bond donors (Lipinski definition) is 23. The molecule has 38 nitrogen and oxygen atoms in total. The number of hydrogen-bond acceptors (Lipinski definition) is 24. The third-order valence-corrected chi connectivity index (χ3v) is 15.6. The number of nitrogens with zero attached hydrogens (tertiary/aromatic N) is 1. The van der Waals surface area contributed by atoms with Crippen molar-refractivity contribution >= 4 is 82.8 Å². The summed E-state index contributed by atoms with van der Waals surface area (Å²) in [6.07, 6.45) is 5.31. The number of likely N-dealkylation sites (tertiary alicyclic amines) is 1. The maximum atomic E-state index is 14.4. The first-order valence-corrected chi connectivity index (χ1v) is 33.2. The fourth-order valence-corrected chi connectivity index (χ4v) is 9.95. The lowest BCUT2D eigenvalue weighted by Crippen LogP contribution is -2.60. The molecule has 0 bridgehead atoms. The highest BCUT2D eigenvalue weighted by Gasteiger charge is 2.38. The van der Waals surface area contributed by atoms with Crippen LogP contribution in [0.3, 0.4) is 0 Å². The fraction of sp³-hybridized carbons (Fsp3) is 0.763. The summed E-state index contributed by atoms with van der Waals surface area (Å²) in [6.45, 7) is -1.92. The van der Waals surface area contributed by atoms with Gasteiger partial charge in [-0.3, -0.25) is 62.3 Å². The number of carbonyl (C=O) groups is 14. The Morgan fingerprint density at radius 1 is 0.371 bits per heavy atom. The second kappa shape index (κ2) is 50.5. The topological polar surface area (TPSA) is 650 Å². The average molecular weight is 1390 g/mol. The molecule has 554 valence electrons. The minimum Gasteiger partial charge on any atom is -0.480 e. The normalized spacial score (nSPS) is 15.7. The average Bonchev–Trinajstić information content (AvgIpc) is 1.83. The van der Waals surface area contributed by atoms with E-state index in [9.17, 15) is 87.5 Å². The third-order valence-electron chi connectivity index (χ3n) is 15.6. The van der Waals surface area contributed by atoms with Gasteiger partial charge in [0.15, 0.2) is 0 Å². The summed E-state index contributed by atoms with van der Waals surface area (Å²) in [7, 11) is 0. The van der Waals surface area contributed by atoms with Gasteiger partial charge in [0.2, 0.25) is 76.8 Å². The van der Waals surface area contributed by atoms with E-state index in [-0.39, 0.29) is 104 Å². The van der Waals surface area contributed by atoms with Gasteiger partial charge in [0.05, 0.1) is 39.5 Å². The molecule has 38 heteroatoms. The number of amides is 13. The first-order valence-electron chi connectivity index (χ1n) is 33.2. The number of nitrogens with one attached hydrogen (secondary N) is 12. The molecular formula is C59H110N20O18. The number of carboxylic acids is 1. The largest absolute Gasteiger partial charge is 0.480 e. The molecule has 0 radical (unpaired) electrons. The summed E-state index contributed by atoms with van der Waals surface area (Å²) < 4.78 is 0. The zero-order chi connectivity index (χ0) is 72.8. The highest BCUT2D eigenvalue weighted by molar-refractivity contribution is 5.99. The summed E-state index contributed by atoms with van der Waals surface area (Å²) in [4.78, 5) is 188. The van der Waals surface area contributed by atoms with Crippen molar-refractivity contribution < 1.29 is 87.5 Å². The molecular weight excluding hydrogens is 1280 g/mol. The van der Waals surface area contributed by atoms with Gasteiger partial charge in [-0.25, -0.2) is 4.79 Å². The van der Waals surface area contributed by atoms with Gasteiger partial charge in [-0.2, -0.15) is 0 Å². The van der Waals surface area contributed by atoms with Crippen LogP contribution >= 0.6 is 0 Å². The Balaban J connectivity index is 3.26. The Hall–Kier alpha value is -7.82. The van der Waals surface area contributed by atoms with E-state index in [4.69, 9.17) is 40.1 Å². The van der Waals surface area contributed by atoms with Crippen molar-refractivity contribution in [1.82, 2.24) is 68.7 Å². The summed E-state index contributed by atoms with van der Waals surface area (Å²) in [6, 6.07) is -15.6. The minimum atomic E-state index is -1.74. The third kappa shape index (κ3) is 34.3. The predicted octanol–water partition coefficient (Wildman–Crippen LogP) is -10.1. The van der Waals surface area contributed by atoms with E-state index < -0.39 is 182 Å². The van der Waals surface area contributed by atoms with Crippen molar-refractivity contribution in [3.63, 3.8) is 0 Å². The molecule has 1 heterocycles. The van der Waals surface area contributed by atoms with Gasteiger partial charge in [0.1, 0.15) is 66.5 Å². The molecule has 0 spiro atoms. The van der Waals surface area contributed by atoms with E-state index in [2.05, 4.69) is 63.8 Å². The smallest absolute Gasteiger partial charge is 0.326 e. The summed E-state index contributed by atoms with van der Waals surface area (Å²) in [5.41, 5.74) is 39.6. The summed E-state index contributed by atoms with van der Waals surface area (Å²) >= 11 is 0. The van der Waals surface area contributed by atoms with Crippen LogP contribution in [0.25, 0.3) is 0 Å². The Labute approximate surface area is 564 Å². The lowest BCUT2D eigenvalue weighted by atomic mass is 10.0. The monoisotopic (exact) mass is 1390 g/mol. The van der Waals surface area contributed by atoms with E-state index in [0.717, 1.165) is 0 Å². The molecule has 1 aliphatic heterocycles. The van der Waals surface area contributed by atoms with E-state index >= 15 is 0 Å². The van der Waals surface area contributed by atoms with Gasteiger partial charge < -0.3 is 129 Å². The number of aliphatic hydroxyl groups excluding tert-OH is 3. The highest BCUT2D eigenvalue weighted by atomic mass is 16.4. The van der Waals surface area contributed by atoms with Crippen LogP contribution in [0.15, 0.2) is 0 Å². The fourth-order valence-electron chi connectivity index (χ4n) is 9.95. The van der Waals surface area contributed by atoms with Crippen LogP contribution in [-0.4, -0.2) is 260 Å². The van der Waals surface area contributed by atoms with E-state index in [1.54, 1.807) is 0 Å². The SMILES string of the molecule is C[C@H](NC(=O)CNC(=O)[C@H](CO)NC(=O)[C@H](CO)NC(=O)[C@@H]1CCCN1C(=O)CNC(=O)CN)C(=O)N[C@@H](CO)C(=O)N[C@@H](CCCCN)C(=O)N[C@@H](CCCCN)C(=O)N[C@@H](CCCCN)C(=O)N[C@@H](CCCCN)C(=O)N[C@@H](CCCCN)C(=O)N[C@@H](CCCCN)C(=O)O. The Kier molecular flexibility index (Phi) is 45.4. The lowest BCUT2D eigenvalue weighted by molar-refractivity contribution is -0.142. The Bertz CT molecular complexity index is 2510. The second-order valence-corrected chi connectivity index (χ2v) is 23.4. The molecule has 11 atom stereocenters. The highest BCUT2D eigenvalue weighted by Crippen LogP contribution is 2.18. The Morgan fingerprint density at radius 3 is 1.02 bits per heavy atom. The van der Waals surface area contributed by atoms with Gasteiger partial charge in [-0.15, -0.1) is 0 Å². The molecule has 97 heavy (non-hydrogen) atoms. The van der Waals surface area contributed by atoms with E-state index in [1.807, 2.05) is 0 Å². The number of unbranched alkanes of at least 4 members (excludes halogenated alkanes) is 6. The van der Waals surface area contributed by atoms with Crippen LogP contribution < -0.4 is 104 Å². The molecule has 1 rings (SSSR count). The molecule has 0 unspecified atom stereocenters. The number of aliphatic hydroxyl groups is 3. The quantitative estimate of drug-likeness (QED) is 0.0252. The molecule has 1 saturated heterocycles. The molecule has 0 aliphatic carbocycles. The molecule has 0 aromatic heterocycles.